The maximum absolute atomic E-state index is 13.0. The number of halogens is 1. The normalized spacial score (nSPS) is 11.2. The van der Waals surface area contributed by atoms with E-state index in [4.69, 9.17) is 21.1 Å². The van der Waals surface area contributed by atoms with Crippen LogP contribution in [0.15, 0.2) is 53.9 Å². The van der Waals surface area contributed by atoms with Crippen molar-refractivity contribution in [2.45, 2.75) is 24.8 Å². The number of nitrogens with one attached hydrogen (secondary N) is 2. The molecule has 0 unspecified atom stereocenters. The quantitative estimate of drug-likeness (QED) is 0.419. The van der Waals surface area contributed by atoms with E-state index in [9.17, 15) is 13.2 Å². The Hall–Kier alpha value is -3.24. The Labute approximate surface area is 197 Å². The molecule has 176 valence electrons. The minimum atomic E-state index is -4.03. The van der Waals surface area contributed by atoms with Crippen LogP contribution in [0.5, 0.6) is 11.5 Å². The standard InChI is InChI=1S/C22H25ClN4O5S/c1-15-5-6-16(11-17(15)22(28)25-7-4-9-27-10-8-24-14-27)33(29,30)26-19-12-18(23)20(31-2)13-21(19)32-3/h5-6,8,10-14,26H,4,7,9H2,1-3H3,(H,25,28). The number of carbonyl (C=O) groups is 1. The Bertz CT molecular complexity index is 1230. The molecule has 2 N–H and O–H groups in total. The van der Waals surface area contributed by atoms with Crippen molar-refractivity contribution >= 4 is 33.2 Å². The van der Waals surface area contributed by atoms with Crippen LogP contribution in [-0.4, -0.2) is 44.6 Å². The molecule has 3 rings (SSSR count). The zero-order valence-corrected chi connectivity index (χ0v) is 20.0. The molecule has 3 aromatic rings. The van der Waals surface area contributed by atoms with Crippen LogP contribution >= 0.6 is 11.6 Å². The van der Waals surface area contributed by atoms with Gasteiger partial charge in [-0.15, -0.1) is 0 Å². The number of aryl methyl sites for hydroxylation is 2. The molecule has 1 amide bonds. The first-order valence-electron chi connectivity index (χ1n) is 10.0. The third-order valence-corrected chi connectivity index (χ3v) is 6.58. The number of sulfonamides is 1. The lowest BCUT2D eigenvalue weighted by Crippen LogP contribution is -2.26. The number of amides is 1. The highest BCUT2D eigenvalue weighted by Crippen LogP contribution is 2.37. The second-order valence-corrected chi connectivity index (χ2v) is 9.27. The lowest BCUT2D eigenvalue weighted by atomic mass is 10.1. The summed E-state index contributed by atoms with van der Waals surface area (Å²) in [7, 11) is -1.18. The topological polar surface area (TPSA) is 112 Å². The summed E-state index contributed by atoms with van der Waals surface area (Å²) in [5.41, 5.74) is 1.08. The number of methoxy groups -OCH3 is 2. The number of rotatable bonds is 10. The summed E-state index contributed by atoms with van der Waals surface area (Å²) in [4.78, 5) is 16.6. The first-order valence-corrected chi connectivity index (χ1v) is 11.9. The number of imidazole rings is 1. The van der Waals surface area contributed by atoms with Crippen molar-refractivity contribution in [3.05, 3.63) is 65.2 Å². The van der Waals surface area contributed by atoms with Crippen molar-refractivity contribution in [1.29, 1.82) is 0 Å². The highest BCUT2D eigenvalue weighted by Gasteiger charge is 2.21. The predicted molar refractivity (Wildman–Crippen MR) is 126 cm³/mol. The molecule has 33 heavy (non-hydrogen) atoms. The van der Waals surface area contributed by atoms with Crippen molar-refractivity contribution < 1.29 is 22.7 Å². The van der Waals surface area contributed by atoms with Gasteiger partial charge in [-0.2, -0.15) is 0 Å². The summed E-state index contributed by atoms with van der Waals surface area (Å²) in [6, 6.07) is 7.26. The second-order valence-electron chi connectivity index (χ2n) is 7.18. The third-order valence-electron chi connectivity index (χ3n) is 4.92. The molecule has 0 spiro atoms. The maximum atomic E-state index is 13.0. The second kappa shape index (κ2) is 10.6. The van der Waals surface area contributed by atoms with E-state index in [2.05, 4.69) is 15.0 Å². The smallest absolute Gasteiger partial charge is 0.262 e. The zero-order chi connectivity index (χ0) is 24.0. The third kappa shape index (κ3) is 5.96. The zero-order valence-electron chi connectivity index (χ0n) is 18.5. The van der Waals surface area contributed by atoms with Crippen LogP contribution in [0.25, 0.3) is 0 Å². The number of anilines is 1. The van der Waals surface area contributed by atoms with E-state index in [-0.39, 0.29) is 32.8 Å². The van der Waals surface area contributed by atoms with E-state index in [0.717, 1.165) is 0 Å². The first-order chi connectivity index (χ1) is 15.7. The number of benzene rings is 2. The van der Waals surface area contributed by atoms with E-state index < -0.39 is 10.0 Å². The Morgan fingerprint density at radius 2 is 1.91 bits per heavy atom. The summed E-state index contributed by atoms with van der Waals surface area (Å²) < 4.78 is 40.8. The van der Waals surface area contributed by atoms with Crippen LogP contribution in [0.3, 0.4) is 0 Å². The van der Waals surface area contributed by atoms with Gasteiger partial charge in [0.05, 0.1) is 36.2 Å². The van der Waals surface area contributed by atoms with Gasteiger partial charge in [0.2, 0.25) is 0 Å². The van der Waals surface area contributed by atoms with Crippen LogP contribution in [0, 0.1) is 6.92 Å². The monoisotopic (exact) mass is 492 g/mol. The van der Waals surface area contributed by atoms with Crippen LogP contribution < -0.4 is 19.5 Å². The van der Waals surface area contributed by atoms with Crippen molar-refractivity contribution in [1.82, 2.24) is 14.9 Å². The average molecular weight is 493 g/mol. The van der Waals surface area contributed by atoms with Gasteiger partial charge in [-0.3, -0.25) is 9.52 Å². The van der Waals surface area contributed by atoms with Gasteiger partial charge >= 0.3 is 0 Å². The molecule has 0 bridgehead atoms. The van der Waals surface area contributed by atoms with Gasteiger partial charge in [0.25, 0.3) is 15.9 Å². The summed E-state index contributed by atoms with van der Waals surface area (Å²) >= 11 is 6.14. The molecule has 9 nitrogen and oxygen atoms in total. The van der Waals surface area contributed by atoms with E-state index >= 15 is 0 Å². The molecule has 0 saturated heterocycles. The van der Waals surface area contributed by atoms with E-state index in [1.165, 1.54) is 38.5 Å². The fourth-order valence-corrected chi connectivity index (χ4v) is 4.46. The number of aromatic nitrogens is 2. The van der Waals surface area contributed by atoms with Crippen LogP contribution in [0.4, 0.5) is 5.69 Å². The van der Waals surface area contributed by atoms with Gasteiger partial charge < -0.3 is 19.4 Å². The first kappa shape index (κ1) is 24.4. The molecule has 1 aromatic heterocycles. The summed E-state index contributed by atoms with van der Waals surface area (Å²) in [5, 5.41) is 3.05. The number of ether oxygens (including phenoxy) is 2. The molecule has 0 fully saturated rings. The Morgan fingerprint density at radius 1 is 1.15 bits per heavy atom. The Balaban J connectivity index is 1.75. The van der Waals surface area contributed by atoms with Gasteiger partial charge in [0, 0.05) is 37.1 Å². The summed E-state index contributed by atoms with van der Waals surface area (Å²) in [6.45, 7) is 2.90. The predicted octanol–water partition coefficient (Wildman–Crippen LogP) is 3.48. The molecule has 11 heteroatoms. The molecular formula is C22H25ClN4O5S. The Kier molecular flexibility index (Phi) is 7.83. The van der Waals surface area contributed by atoms with E-state index in [1.807, 2.05) is 10.8 Å². The summed E-state index contributed by atoms with van der Waals surface area (Å²) in [6.07, 6.45) is 5.95. The molecular weight excluding hydrogens is 468 g/mol. The van der Waals surface area contributed by atoms with E-state index in [1.54, 1.807) is 25.5 Å². The Morgan fingerprint density at radius 3 is 2.58 bits per heavy atom. The van der Waals surface area contributed by atoms with Crippen molar-refractivity contribution in [2.75, 3.05) is 25.5 Å². The minimum absolute atomic E-state index is 0.0642. The fourth-order valence-electron chi connectivity index (χ4n) is 3.13. The largest absolute Gasteiger partial charge is 0.495 e. The minimum Gasteiger partial charge on any atom is -0.495 e. The number of carbonyl (C=O) groups excluding carboxylic acids is 1. The molecule has 0 aliphatic heterocycles. The number of nitrogens with zero attached hydrogens (tertiary/aromatic N) is 2. The van der Waals surface area contributed by atoms with E-state index in [0.29, 0.717) is 30.8 Å². The van der Waals surface area contributed by atoms with Crippen molar-refractivity contribution in [3.8, 4) is 11.5 Å². The molecule has 1 heterocycles. The van der Waals surface area contributed by atoms with Gasteiger partial charge in [-0.1, -0.05) is 17.7 Å². The number of hydrogen-bond donors (Lipinski definition) is 2. The maximum Gasteiger partial charge on any atom is 0.262 e. The molecule has 2 aromatic carbocycles. The molecule has 0 aliphatic rings. The van der Waals surface area contributed by atoms with Gasteiger partial charge in [0.1, 0.15) is 11.5 Å². The summed E-state index contributed by atoms with van der Waals surface area (Å²) in [5.74, 6) is 0.238. The van der Waals surface area contributed by atoms with Crippen LogP contribution in [-0.2, 0) is 16.6 Å². The highest BCUT2D eigenvalue weighted by atomic mass is 35.5. The van der Waals surface area contributed by atoms with Gasteiger partial charge in [-0.25, -0.2) is 13.4 Å². The SMILES string of the molecule is COc1cc(OC)c(NS(=O)(=O)c2ccc(C)c(C(=O)NCCCn3ccnc3)c2)cc1Cl. The molecule has 0 atom stereocenters. The van der Waals surface area contributed by atoms with Crippen molar-refractivity contribution in [2.24, 2.45) is 0 Å². The lowest BCUT2D eigenvalue weighted by Gasteiger charge is -2.15. The molecule has 0 aliphatic carbocycles. The van der Waals surface area contributed by atoms with Crippen LogP contribution in [0.2, 0.25) is 5.02 Å². The molecule has 0 saturated carbocycles. The lowest BCUT2D eigenvalue weighted by molar-refractivity contribution is 0.0952. The fraction of sp³-hybridized carbons (Fsp3) is 0.273. The molecule has 0 radical (unpaired) electrons. The van der Waals surface area contributed by atoms with Crippen molar-refractivity contribution in [3.63, 3.8) is 0 Å². The highest BCUT2D eigenvalue weighted by molar-refractivity contribution is 7.92. The van der Waals surface area contributed by atoms with Crippen LogP contribution in [0.1, 0.15) is 22.3 Å². The van der Waals surface area contributed by atoms with Gasteiger partial charge in [0.15, 0.2) is 0 Å². The average Bonchev–Trinajstić information content (AvgIpc) is 3.30. The van der Waals surface area contributed by atoms with Gasteiger partial charge in [-0.05, 0) is 37.1 Å². The number of hydrogen-bond acceptors (Lipinski definition) is 6.